The van der Waals surface area contributed by atoms with Crippen molar-refractivity contribution in [2.75, 3.05) is 11.9 Å². The van der Waals surface area contributed by atoms with Crippen LogP contribution in [0.3, 0.4) is 0 Å². The Bertz CT molecular complexity index is 406. The minimum Gasteiger partial charge on any atom is -0.326 e. The molecule has 1 aromatic rings. The molecule has 2 N–H and O–H groups in total. The zero-order chi connectivity index (χ0) is 12.7. The second-order valence-electron chi connectivity index (χ2n) is 3.82. The summed E-state index contributed by atoms with van der Waals surface area (Å²) in [5.74, 6) is -0.0984. The Morgan fingerprint density at radius 1 is 1.41 bits per heavy atom. The zero-order valence-corrected chi connectivity index (χ0v) is 10.2. The maximum Gasteiger partial charge on any atom is 0.221 e. The van der Waals surface area contributed by atoms with E-state index in [4.69, 9.17) is 5.26 Å². The van der Waals surface area contributed by atoms with Crippen molar-refractivity contribution in [1.82, 2.24) is 5.32 Å². The Hall–Kier alpha value is -1.86. The lowest BCUT2D eigenvalue weighted by molar-refractivity contribution is -0.114. The van der Waals surface area contributed by atoms with Crippen LogP contribution in [0.2, 0.25) is 0 Å². The average Bonchev–Trinajstić information content (AvgIpc) is 2.31. The van der Waals surface area contributed by atoms with Gasteiger partial charge in [-0.25, -0.2) is 0 Å². The second-order valence-corrected chi connectivity index (χ2v) is 3.82. The molecule has 0 spiro atoms. The molecule has 0 aliphatic carbocycles. The molecule has 1 aromatic carbocycles. The van der Waals surface area contributed by atoms with Crippen LogP contribution in [0.1, 0.15) is 31.9 Å². The summed E-state index contributed by atoms with van der Waals surface area (Å²) in [5, 5.41) is 14.9. The Morgan fingerprint density at radius 2 is 2.06 bits per heavy atom. The highest BCUT2D eigenvalue weighted by Gasteiger charge is 2.08. The summed E-state index contributed by atoms with van der Waals surface area (Å²) in [6, 6.07) is 9.22. The third-order valence-corrected chi connectivity index (χ3v) is 2.29. The predicted octanol–water partition coefficient (Wildman–Crippen LogP) is 2.21. The lowest BCUT2D eigenvalue weighted by Crippen LogP contribution is -2.20. The fourth-order valence-electron chi connectivity index (χ4n) is 1.49. The van der Waals surface area contributed by atoms with Gasteiger partial charge in [0.2, 0.25) is 5.91 Å². The zero-order valence-electron chi connectivity index (χ0n) is 10.2. The molecule has 17 heavy (non-hydrogen) atoms. The van der Waals surface area contributed by atoms with Crippen LogP contribution in [0.25, 0.3) is 0 Å². The molecule has 0 saturated heterocycles. The molecule has 0 aromatic heterocycles. The summed E-state index contributed by atoms with van der Waals surface area (Å²) < 4.78 is 0. The van der Waals surface area contributed by atoms with Crippen LogP contribution >= 0.6 is 0 Å². The van der Waals surface area contributed by atoms with E-state index in [1.165, 1.54) is 6.92 Å². The van der Waals surface area contributed by atoms with Crippen molar-refractivity contribution in [3.05, 3.63) is 29.8 Å². The summed E-state index contributed by atoms with van der Waals surface area (Å²) in [5.41, 5.74) is 1.66. The Kier molecular flexibility index (Phi) is 5.18. The van der Waals surface area contributed by atoms with Crippen LogP contribution < -0.4 is 10.6 Å². The minimum atomic E-state index is -0.290. The number of hydrogen-bond donors (Lipinski definition) is 2. The van der Waals surface area contributed by atoms with E-state index in [0.29, 0.717) is 0 Å². The number of nitrogens with zero attached hydrogens (tertiary/aromatic N) is 1. The van der Waals surface area contributed by atoms with Crippen LogP contribution in [0.5, 0.6) is 0 Å². The highest BCUT2D eigenvalue weighted by molar-refractivity contribution is 5.88. The molecule has 1 atom stereocenters. The van der Waals surface area contributed by atoms with E-state index in [9.17, 15) is 4.79 Å². The van der Waals surface area contributed by atoms with Crippen LogP contribution in [-0.2, 0) is 4.79 Å². The number of carbonyl (C=O) groups is 1. The van der Waals surface area contributed by atoms with Gasteiger partial charge in [-0.15, -0.1) is 0 Å². The number of nitriles is 1. The van der Waals surface area contributed by atoms with Gasteiger partial charge in [0.15, 0.2) is 0 Å². The van der Waals surface area contributed by atoms with Gasteiger partial charge in [-0.05, 0) is 30.7 Å². The fourth-order valence-corrected chi connectivity index (χ4v) is 1.49. The molecule has 90 valence electrons. The van der Waals surface area contributed by atoms with Gasteiger partial charge in [0.25, 0.3) is 0 Å². The Labute approximate surface area is 102 Å². The SMILES string of the molecule is CCCNC(C#N)c1ccc(NC(C)=O)cc1. The number of anilines is 1. The first kappa shape index (κ1) is 13.2. The van der Waals surface area contributed by atoms with Crippen molar-refractivity contribution in [3.8, 4) is 6.07 Å². The van der Waals surface area contributed by atoms with Crippen molar-refractivity contribution >= 4 is 11.6 Å². The van der Waals surface area contributed by atoms with Gasteiger partial charge >= 0.3 is 0 Å². The maximum atomic E-state index is 10.9. The van der Waals surface area contributed by atoms with Crippen molar-refractivity contribution in [3.63, 3.8) is 0 Å². The Morgan fingerprint density at radius 3 is 2.53 bits per heavy atom. The molecule has 0 fully saturated rings. The maximum absolute atomic E-state index is 10.9. The molecule has 0 bridgehead atoms. The van der Waals surface area contributed by atoms with Crippen molar-refractivity contribution in [2.24, 2.45) is 0 Å². The van der Waals surface area contributed by atoms with Crippen LogP contribution in [0.4, 0.5) is 5.69 Å². The summed E-state index contributed by atoms with van der Waals surface area (Å²) in [7, 11) is 0. The first-order valence-corrected chi connectivity index (χ1v) is 5.68. The van der Waals surface area contributed by atoms with Gasteiger partial charge in [0.1, 0.15) is 6.04 Å². The van der Waals surface area contributed by atoms with E-state index >= 15 is 0 Å². The second kappa shape index (κ2) is 6.66. The third kappa shape index (κ3) is 4.25. The van der Waals surface area contributed by atoms with Crippen molar-refractivity contribution in [1.29, 1.82) is 5.26 Å². The smallest absolute Gasteiger partial charge is 0.221 e. The summed E-state index contributed by atoms with van der Waals surface area (Å²) in [4.78, 5) is 10.9. The van der Waals surface area contributed by atoms with E-state index in [1.54, 1.807) is 12.1 Å². The first-order valence-electron chi connectivity index (χ1n) is 5.68. The third-order valence-electron chi connectivity index (χ3n) is 2.29. The van der Waals surface area contributed by atoms with Crippen molar-refractivity contribution < 1.29 is 4.79 Å². The molecule has 0 heterocycles. The molecule has 0 saturated carbocycles. The summed E-state index contributed by atoms with van der Waals surface area (Å²) >= 11 is 0. The average molecular weight is 231 g/mol. The molecule has 1 unspecified atom stereocenters. The highest BCUT2D eigenvalue weighted by atomic mass is 16.1. The number of benzene rings is 1. The number of nitrogens with one attached hydrogen (secondary N) is 2. The standard InChI is InChI=1S/C13H17N3O/c1-3-8-15-13(9-14)11-4-6-12(7-5-11)16-10(2)17/h4-7,13,15H,3,8H2,1-2H3,(H,16,17). The molecule has 0 aliphatic rings. The fraction of sp³-hybridized carbons (Fsp3) is 0.385. The first-order chi connectivity index (χ1) is 8.17. The monoisotopic (exact) mass is 231 g/mol. The minimum absolute atomic E-state index is 0.0984. The van der Waals surface area contributed by atoms with Crippen molar-refractivity contribution in [2.45, 2.75) is 26.3 Å². The largest absolute Gasteiger partial charge is 0.326 e. The van der Waals surface area contributed by atoms with Gasteiger partial charge in [-0.2, -0.15) is 5.26 Å². The molecule has 4 heteroatoms. The molecule has 4 nitrogen and oxygen atoms in total. The number of hydrogen-bond acceptors (Lipinski definition) is 3. The molecule has 1 amide bonds. The van der Waals surface area contributed by atoms with Gasteiger partial charge in [0, 0.05) is 12.6 Å². The summed E-state index contributed by atoms with van der Waals surface area (Å²) in [6.45, 7) is 4.34. The summed E-state index contributed by atoms with van der Waals surface area (Å²) in [6.07, 6.45) is 0.988. The van der Waals surface area contributed by atoms with Gasteiger partial charge in [-0.1, -0.05) is 19.1 Å². The van der Waals surface area contributed by atoms with Crippen LogP contribution in [0.15, 0.2) is 24.3 Å². The van der Waals surface area contributed by atoms with E-state index in [2.05, 4.69) is 23.6 Å². The lowest BCUT2D eigenvalue weighted by Gasteiger charge is -2.11. The molecular formula is C13H17N3O. The quantitative estimate of drug-likeness (QED) is 0.816. The van der Waals surface area contributed by atoms with E-state index in [-0.39, 0.29) is 11.9 Å². The molecular weight excluding hydrogens is 214 g/mol. The van der Waals surface area contributed by atoms with E-state index in [0.717, 1.165) is 24.2 Å². The number of amides is 1. The predicted molar refractivity (Wildman–Crippen MR) is 67.4 cm³/mol. The van der Waals surface area contributed by atoms with Gasteiger partial charge < -0.3 is 5.32 Å². The van der Waals surface area contributed by atoms with E-state index in [1.807, 2.05) is 12.1 Å². The van der Waals surface area contributed by atoms with Crippen LogP contribution in [-0.4, -0.2) is 12.5 Å². The van der Waals surface area contributed by atoms with E-state index < -0.39 is 0 Å². The lowest BCUT2D eigenvalue weighted by atomic mass is 10.1. The Balaban J connectivity index is 2.71. The molecule has 0 aliphatic heterocycles. The van der Waals surface area contributed by atoms with Gasteiger partial charge in [0.05, 0.1) is 6.07 Å². The van der Waals surface area contributed by atoms with Gasteiger partial charge in [-0.3, -0.25) is 10.1 Å². The number of rotatable bonds is 5. The number of carbonyl (C=O) groups excluding carboxylic acids is 1. The van der Waals surface area contributed by atoms with Crippen LogP contribution in [0, 0.1) is 11.3 Å². The topological polar surface area (TPSA) is 64.9 Å². The molecule has 1 rings (SSSR count). The normalized spacial score (nSPS) is 11.6. The molecule has 0 radical (unpaired) electrons. The highest BCUT2D eigenvalue weighted by Crippen LogP contribution is 2.15.